The Bertz CT molecular complexity index is 687. The molecule has 1 N–H and O–H groups in total. The van der Waals surface area contributed by atoms with Crippen molar-refractivity contribution in [2.45, 2.75) is 26.7 Å². The van der Waals surface area contributed by atoms with E-state index in [0.717, 1.165) is 12.0 Å². The number of phenols is 1. The van der Waals surface area contributed by atoms with Crippen molar-refractivity contribution in [2.75, 3.05) is 0 Å². The highest BCUT2D eigenvalue weighted by atomic mass is 16.3. The fourth-order valence-corrected chi connectivity index (χ4v) is 2.22. The topological polar surface area (TPSA) is 54.4 Å². The van der Waals surface area contributed by atoms with Crippen molar-refractivity contribution < 1.29 is 14.7 Å². The smallest absolute Gasteiger partial charge is 0.170 e. The average molecular weight is 282 g/mol. The third-order valence-corrected chi connectivity index (χ3v) is 3.47. The van der Waals surface area contributed by atoms with Crippen LogP contribution in [0.1, 0.15) is 45.7 Å². The van der Waals surface area contributed by atoms with E-state index in [1.165, 1.54) is 30.7 Å². The molecule has 2 aromatic rings. The molecular weight excluding hydrogens is 264 g/mol. The molecule has 2 rings (SSSR count). The largest absolute Gasteiger partial charge is 0.507 e. The zero-order valence-electron chi connectivity index (χ0n) is 12.2. The molecule has 3 heteroatoms. The molecule has 0 bridgehead atoms. The van der Waals surface area contributed by atoms with Gasteiger partial charge in [0.05, 0.1) is 5.56 Å². The van der Waals surface area contributed by atoms with Crippen LogP contribution in [0.4, 0.5) is 0 Å². The zero-order chi connectivity index (χ0) is 15.4. The number of ketones is 2. The number of carbonyl (C=O) groups excluding carboxylic acids is 2. The van der Waals surface area contributed by atoms with E-state index in [1.807, 2.05) is 24.3 Å². The second-order valence-electron chi connectivity index (χ2n) is 5.06. The van der Waals surface area contributed by atoms with Crippen molar-refractivity contribution in [3.8, 4) is 5.75 Å². The van der Waals surface area contributed by atoms with Crippen molar-refractivity contribution in [1.29, 1.82) is 0 Å². The number of rotatable bonds is 5. The lowest BCUT2D eigenvalue weighted by atomic mass is 9.98. The minimum absolute atomic E-state index is 0.0864. The molecule has 2 aromatic carbocycles. The SMILES string of the molecule is CCc1cccc(CC(=O)c2cc(C(C)=O)ccc2O)c1. The Morgan fingerprint density at radius 2 is 1.76 bits per heavy atom. The molecule has 0 amide bonds. The number of benzene rings is 2. The van der Waals surface area contributed by atoms with Gasteiger partial charge in [0.1, 0.15) is 5.75 Å². The molecule has 108 valence electrons. The van der Waals surface area contributed by atoms with E-state index < -0.39 is 0 Å². The molecule has 0 aliphatic rings. The van der Waals surface area contributed by atoms with Crippen LogP contribution in [-0.2, 0) is 12.8 Å². The molecule has 0 saturated carbocycles. The fourth-order valence-electron chi connectivity index (χ4n) is 2.22. The predicted octanol–water partition coefficient (Wildman–Crippen LogP) is 3.58. The summed E-state index contributed by atoms with van der Waals surface area (Å²) >= 11 is 0. The minimum Gasteiger partial charge on any atom is -0.507 e. The van der Waals surface area contributed by atoms with Crippen LogP contribution in [0, 0.1) is 0 Å². The van der Waals surface area contributed by atoms with Crippen LogP contribution in [-0.4, -0.2) is 16.7 Å². The second-order valence-corrected chi connectivity index (χ2v) is 5.06. The third kappa shape index (κ3) is 3.57. The summed E-state index contributed by atoms with van der Waals surface area (Å²) < 4.78 is 0. The number of aromatic hydroxyl groups is 1. The van der Waals surface area contributed by atoms with Crippen LogP contribution < -0.4 is 0 Å². The third-order valence-electron chi connectivity index (χ3n) is 3.47. The summed E-state index contributed by atoms with van der Waals surface area (Å²) in [6.45, 7) is 3.49. The van der Waals surface area contributed by atoms with Gasteiger partial charge in [0.2, 0.25) is 0 Å². The fraction of sp³-hybridized carbons (Fsp3) is 0.222. The molecule has 0 aliphatic heterocycles. The Morgan fingerprint density at radius 3 is 2.43 bits per heavy atom. The van der Waals surface area contributed by atoms with Crippen molar-refractivity contribution in [3.63, 3.8) is 0 Å². The molecule has 0 aliphatic carbocycles. The Balaban J connectivity index is 2.27. The standard InChI is InChI=1S/C18H18O3/c1-3-13-5-4-6-14(9-13)10-18(21)16-11-15(12(2)19)7-8-17(16)20/h4-9,11,20H,3,10H2,1-2H3. The number of phenolic OH excluding ortho intramolecular Hbond substituents is 1. The zero-order valence-corrected chi connectivity index (χ0v) is 12.2. The summed E-state index contributed by atoms with van der Waals surface area (Å²) in [4.78, 5) is 23.7. The Kier molecular flexibility index (Phi) is 4.53. The van der Waals surface area contributed by atoms with Crippen LogP contribution in [0.25, 0.3) is 0 Å². The van der Waals surface area contributed by atoms with Gasteiger partial charge in [0.15, 0.2) is 11.6 Å². The minimum atomic E-state index is -0.191. The van der Waals surface area contributed by atoms with Crippen LogP contribution in [0.5, 0.6) is 5.75 Å². The number of hydrogen-bond donors (Lipinski definition) is 1. The van der Waals surface area contributed by atoms with Crippen LogP contribution in [0.2, 0.25) is 0 Å². The van der Waals surface area contributed by atoms with Gasteiger partial charge >= 0.3 is 0 Å². The van der Waals surface area contributed by atoms with Gasteiger partial charge in [0, 0.05) is 12.0 Å². The summed E-state index contributed by atoms with van der Waals surface area (Å²) in [5.74, 6) is -0.405. The molecule has 0 unspecified atom stereocenters. The summed E-state index contributed by atoms with van der Waals surface area (Å²) in [5, 5.41) is 9.83. The van der Waals surface area contributed by atoms with Gasteiger partial charge in [0.25, 0.3) is 0 Å². The Morgan fingerprint density at radius 1 is 1.05 bits per heavy atom. The van der Waals surface area contributed by atoms with Crippen molar-refractivity contribution in [2.24, 2.45) is 0 Å². The van der Waals surface area contributed by atoms with E-state index >= 15 is 0 Å². The molecule has 0 spiro atoms. The average Bonchev–Trinajstić information content (AvgIpc) is 2.47. The van der Waals surface area contributed by atoms with Crippen molar-refractivity contribution in [1.82, 2.24) is 0 Å². The first kappa shape index (κ1) is 15.0. The van der Waals surface area contributed by atoms with Gasteiger partial charge in [-0.05, 0) is 42.7 Å². The number of carbonyl (C=O) groups is 2. The van der Waals surface area contributed by atoms with Gasteiger partial charge < -0.3 is 5.11 Å². The highest BCUT2D eigenvalue weighted by Gasteiger charge is 2.14. The maximum Gasteiger partial charge on any atom is 0.170 e. The molecule has 21 heavy (non-hydrogen) atoms. The van der Waals surface area contributed by atoms with Crippen LogP contribution in [0.3, 0.4) is 0 Å². The number of hydrogen-bond acceptors (Lipinski definition) is 3. The quantitative estimate of drug-likeness (QED) is 0.853. The monoisotopic (exact) mass is 282 g/mol. The highest BCUT2D eigenvalue weighted by molar-refractivity contribution is 6.03. The first-order valence-corrected chi connectivity index (χ1v) is 6.96. The lowest BCUT2D eigenvalue weighted by molar-refractivity contribution is 0.0990. The molecule has 0 fully saturated rings. The summed E-state index contributed by atoms with van der Waals surface area (Å²) in [5.41, 5.74) is 2.71. The first-order valence-electron chi connectivity index (χ1n) is 6.96. The lowest BCUT2D eigenvalue weighted by Gasteiger charge is -2.07. The van der Waals surface area contributed by atoms with Crippen LogP contribution >= 0.6 is 0 Å². The first-order chi connectivity index (χ1) is 10.0. The molecule has 3 nitrogen and oxygen atoms in total. The summed E-state index contributed by atoms with van der Waals surface area (Å²) in [6, 6.07) is 12.2. The van der Waals surface area contributed by atoms with E-state index in [2.05, 4.69) is 6.92 Å². The molecule has 0 radical (unpaired) electrons. The van der Waals surface area contributed by atoms with Crippen molar-refractivity contribution in [3.05, 3.63) is 64.7 Å². The van der Waals surface area contributed by atoms with E-state index in [4.69, 9.17) is 0 Å². The molecular formula is C18H18O3. The maximum atomic E-state index is 12.3. The molecule has 0 atom stereocenters. The van der Waals surface area contributed by atoms with E-state index in [0.29, 0.717) is 5.56 Å². The normalized spacial score (nSPS) is 10.4. The summed E-state index contributed by atoms with van der Waals surface area (Å²) in [7, 11) is 0. The highest BCUT2D eigenvalue weighted by Crippen LogP contribution is 2.21. The Hall–Kier alpha value is -2.42. The molecule has 0 heterocycles. The summed E-state index contributed by atoms with van der Waals surface area (Å²) in [6.07, 6.45) is 1.12. The molecule has 0 aromatic heterocycles. The van der Waals surface area contributed by atoms with Crippen LogP contribution in [0.15, 0.2) is 42.5 Å². The van der Waals surface area contributed by atoms with Gasteiger partial charge in [-0.15, -0.1) is 0 Å². The van der Waals surface area contributed by atoms with E-state index in [-0.39, 0.29) is 29.3 Å². The maximum absolute atomic E-state index is 12.3. The van der Waals surface area contributed by atoms with Gasteiger partial charge in [-0.25, -0.2) is 0 Å². The molecule has 0 saturated heterocycles. The van der Waals surface area contributed by atoms with Gasteiger partial charge in [-0.1, -0.05) is 31.2 Å². The predicted molar refractivity (Wildman–Crippen MR) is 82.0 cm³/mol. The van der Waals surface area contributed by atoms with Crippen molar-refractivity contribution >= 4 is 11.6 Å². The number of aryl methyl sites for hydroxylation is 1. The van der Waals surface area contributed by atoms with Gasteiger partial charge in [-0.3, -0.25) is 9.59 Å². The van der Waals surface area contributed by atoms with E-state index in [9.17, 15) is 14.7 Å². The van der Waals surface area contributed by atoms with E-state index in [1.54, 1.807) is 0 Å². The lowest BCUT2D eigenvalue weighted by Crippen LogP contribution is -2.06. The number of Topliss-reactive ketones (excluding diaryl/α,β-unsaturated/α-hetero) is 2. The Labute approximate surface area is 124 Å². The second kappa shape index (κ2) is 6.35. The van der Waals surface area contributed by atoms with Gasteiger partial charge in [-0.2, -0.15) is 0 Å².